The number of hydrogen-bond donors (Lipinski definition) is 3. The molecule has 17 heavy (non-hydrogen) atoms. The smallest absolute Gasteiger partial charge is 0.254 e. The Morgan fingerprint density at radius 2 is 1.94 bits per heavy atom. The summed E-state index contributed by atoms with van der Waals surface area (Å²) in [5.74, 6) is -0.191. The maximum atomic E-state index is 12.1. The molecule has 1 aliphatic heterocycles. The first-order valence-corrected chi connectivity index (χ1v) is 5.50. The minimum Gasteiger partial charge on any atom is -0.399 e. The molecular weight excluding hydrogens is 220 g/mol. The molecule has 2 unspecified atom stereocenters. The minimum absolute atomic E-state index is 0.170. The van der Waals surface area contributed by atoms with E-state index in [1.807, 2.05) is 6.92 Å². The zero-order valence-corrected chi connectivity index (χ0v) is 9.63. The van der Waals surface area contributed by atoms with Gasteiger partial charge < -0.3 is 20.8 Å². The van der Waals surface area contributed by atoms with Crippen molar-refractivity contribution in [3.05, 3.63) is 29.3 Å². The molecule has 1 heterocycles. The van der Waals surface area contributed by atoms with Crippen LogP contribution in [0.5, 0.6) is 0 Å². The lowest BCUT2D eigenvalue weighted by molar-refractivity contribution is 0.0572. The molecule has 4 N–H and O–H groups in total. The van der Waals surface area contributed by atoms with Crippen LogP contribution >= 0.6 is 0 Å². The Morgan fingerprint density at radius 1 is 1.35 bits per heavy atom. The first-order valence-electron chi connectivity index (χ1n) is 5.50. The van der Waals surface area contributed by atoms with Crippen molar-refractivity contribution < 1.29 is 15.0 Å². The van der Waals surface area contributed by atoms with Crippen molar-refractivity contribution >= 4 is 11.6 Å². The van der Waals surface area contributed by atoms with E-state index in [2.05, 4.69) is 0 Å². The minimum atomic E-state index is -0.853. The molecule has 1 aromatic carbocycles. The number of aliphatic hydroxyl groups is 2. The van der Waals surface area contributed by atoms with Crippen LogP contribution in [0.2, 0.25) is 0 Å². The number of nitrogen functional groups attached to an aromatic ring is 1. The molecule has 2 rings (SSSR count). The van der Waals surface area contributed by atoms with Gasteiger partial charge >= 0.3 is 0 Å². The van der Waals surface area contributed by atoms with E-state index in [-0.39, 0.29) is 19.0 Å². The third-order valence-corrected chi connectivity index (χ3v) is 3.06. The van der Waals surface area contributed by atoms with Crippen LogP contribution in [0, 0.1) is 6.92 Å². The van der Waals surface area contributed by atoms with Gasteiger partial charge in [-0.1, -0.05) is 0 Å². The molecular formula is C12H16N2O3. The second kappa shape index (κ2) is 4.35. The number of rotatable bonds is 1. The van der Waals surface area contributed by atoms with Crippen LogP contribution in [-0.4, -0.2) is 46.3 Å². The number of nitrogens with zero attached hydrogens (tertiary/aromatic N) is 1. The first kappa shape index (κ1) is 11.9. The van der Waals surface area contributed by atoms with E-state index in [0.29, 0.717) is 11.3 Å². The number of anilines is 1. The number of hydrogen-bond acceptors (Lipinski definition) is 4. The fourth-order valence-electron chi connectivity index (χ4n) is 1.93. The third kappa shape index (κ3) is 2.25. The van der Waals surface area contributed by atoms with Gasteiger partial charge in [0.05, 0.1) is 12.2 Å². The summed E-state index contributed by atoms with van der Waals surface area (Å²) >= 11 is 0. The maximum absolute atomic E-state index is 12.1. The largest absolute Gasteiger partial charge is 0.399 e. The van der Waals surface area contributed by atoms with Crippen molar-refractivity contribution in [2.45, 2.75) is 19.1 Å². The number of nitrogens with two attached hydrogens (primary N) is 1. The van der Waals surface area contributed by atoms with Gasteiger partial charge in [0.15, 0.2) is 0 Å². The summed E-state index contributed by atoms with van der Waals surface area (Å²) in [4.78, 5) is 13.5. The molecule has 1 aromatic rings. The fourth-order valence-corrected chi connectivity index (χ4v) is 1.93. The SMILES string of the molecule is Cc1cc(C(=O)N2CC(O)C(O)C2)ccc1N. The predicted molar refractivity (Wildman–Crippen MR) is 63.5 cm³/mol. The van der Waals surface area contributed by atoms with Crippen LogP contribution in [0.15, 0.2) is 18.2 Å². The van der Waals surface area contributed by atoms with Crippen molar-refractivity contribution in [1.29, 1.82) is 0 Å². The molecule has 92 valence electrons. The van der Waals surface area contributed by atoms with Gasteiger partial charge in [-0.05, 0) is 30.7 Å². The first-order chi connectivity index (χ1) is 7.99. The monoisotopic (exact) mass is 236 g/mol. The number of carbonyl (C=O) groups is 1. The quantitative estimate of drug-likeness (QED) is 0.587. The summed E-state index contributed by atoms with van der Waals surface area (Å²) in [6.07, 6.45) is -1.71. The summed E-state index contributed by atoms with van der Waals surface area (Å²) in [6.45, 7) is 2.17. The van der Waals surface area contributed by atoms with E-state index < -0.39 is 12.2 Å². The second-order valence-electron chi connectivity index (χ2n) is 4.42. The molecule has 1 fully saturated rings. The number of amides is 1. The number of aryl methyl sites for hydroxylation is 1. The fraction of sp³-hybridized carbons (Fsp3) is 0.417. The molecule has 0 aliphatic carbocycles. The van der Waals surface area contributed by atoms with Crippen LogP contribution in [0.4, 0.5) is 5.69 Å². The van der Waals surface area contributed by atoms with Gasteiger partial charge in [-0.25, -0.2) is 0 Å². The maximum Gasteiger partial charge on any atom is 0.254 e. The lowest BCUT2D eigenvalue weighted by Gasteiger charge is -2.15. The zero-order chi connectivity index (χ0) is 12.6. The molecule has 0 aromatic heterocycles. The predicted octanol–water partition coefficient (Wildman–Crippen LogP) is -0.245. The van der Waals surface area contributed by atoms with Gasteiger partial charge in [0.1, 0.15) is 0 Å². The molecule has 1 amide bonds. The molecule has 0 bridgehead atoms. The number of carbonyl (C=O) groups excluding carboxylic acids is 1. The zero-order valence-electron chi connectivity index (χ0n) is 9.63. The highest BCUT2D eigenvalue weighted by atomic mass is 16.3. The Morgan fingerprint density at radius 3 is 2.47 bits per heavy atom. The van der Waals surface area contributed by atoms with Gasteiger partial charge in [-0.2, -0.15) is 0 Å². The summed E-state index contributed by atoms with van der Waals surface area (Å²) in [5, 5.41) is 18.8. The summed E-state index contributed by atoms with van der Waals surface area (Å²) in [6, 6.07) is 5.06. The van der Waals surface area contributed by atoms with Crippen molar-refractivity contribution in [2.24, 2.45) is 0 Å². The van der Waals surface area contributed by atoms with Crippen molar-refractivity contribution in [3.8, 4) is 0 Å². The summed E-state index contributed by atoms with van der Waals surface area (Å²) in [7, 11) is 0. The molecule has 0 saturated carbocycles. The number of benzene rings is 1. The van der Waals surface area contributed by atoms with Crippen LogP contribution < -0.4 is 5.73 Å². The topological polar surface area (TPSA) is 86.8 Å². The third-order valence-electron chi connectivity index (χ3n) is 3.06. The van der Waals surface area contributed by atoms with Crippen molar-refractivity contribution in [2.75, 3.05) is 18.8 Å². The van der Waals surface area contributed by atoms with Crippen LogP contribution in [0.25, 0.3) is 0 Å². The van der Waals surface area contributed by atoms with E-state index in [0.717, 1.165) is 5.56 Å². The molecule has 5 nitrogen and oxygen atoms in total. The van der Waals surface area contributed by atoms with Gasteiger partial charge in [0, 0.05) is 24.3 Å². The highest BCUT2D eigenvalue weighted by Gasteiger charge is 2.32. The Kier molecular flexibility index (Phi) is 3.04. The highest BCUT2D eigenvalue weighted by molar-refractivity contribution is 5.95. The standard InChI is InChI=1S/C12H16N2O3/c1-7-4-8(2-3-9(7)13)12(17)14-5-10(15)11(16)6-14/h2-4,10-11,15-16H,5-6,13H2,1H3. The number of aliphatic hydroxyl groups excluding tert-OH is 2. The highest BCUT2D eigenvalue weighted by Crippen LogP contribution is 2.17. The van der Waals surface area contributed by atoms with E-state index >= 15 is 0 Å². The van der Waals surface area contributed by atoms with Gasteiger partial charge in [0.25, 0.3) is 5.91 Å². The molecule has 0 spiro atoms. The Balaban J connectivity index is 2.17. The second-order valence-corrected chi connectivity index (χ2v) is 4.42. The summed E-state index contributed by atoms with van der Waals surface area (Å²) < 4.78 is 0. The van der Waals surface area contributed by atoms with E-state index in [1.165, 1.54) is 4.90 Å². The molecule has 2 atom stereocenters. The average Bonchev–Trinajstić information content (AvgIpc) is 2.62. The molecule has 1 saturated heterocycles. The normalized spacial score (nSPS) is 24.1. The molecule has 1 aliphatic rings. The lowest BCUT2D eigenvalue weighted by Crippen LogP contribution is -2.29. The van der Waals surface area contributed by atoms with Crippen molar-refractivity contribution in [1.82, 2.24) is 4.90 Å². The van der Waals surface area contributed by atoms with Gasteiger partial charge in [0.2, 0.25) is 0 Å². The molecule has 5 heteroatoms. The van der Waals surface area contributed by atoms with Crippen LogP contribution in [0.1, 0.15) is 15.9 Å². The van der Waals surface area contributed by atoms with Gasteiger partial charge in [-0.15, -0.1) is 0 Å². The lowest BCUT2D eigenvalue weighted by atomic mass is 10.1. The van der Waals surface area contributed by atoms with Gasteiger partial charge in [-0.3, -0.25) is 4.79 Å². The Bertz CT molecular complexity index is 437. The van der Waals surface area contributed by atoms with Crippen molar-refractivity contribution in [3.63, 3.8) is 0 Å². The number of likely N-dealkylation sites (tertiary alicyclic amines) is 1. The van der Waals surface area contributed by atoms with E-state index in [4.69, 9.17) is 5.73 Å². The molecule has 0 radical (unpaired) electrons. The Labute approximate surface area is 99.5 Å². The van der Waals surface area contributed by atoms with Crippen LogP contribution in [-0.2, 0) is 0 Å². The van der Waals surface area contributed by atoms with E-state index in [9.17, 15) is 15.0 Å². The Hall–Kier alpha value is -1.59. The van der Waals surface area contributed by atoms with E-state index in [1.54, 1.807) is 18.2 Å². The number of β-amino-alcohol motifs (C(OH)–C–C–N with tert-alkyl or cyclic N) is 2. The van der Waals surface area contributed by atoms with Crippen LogP contribution in [0.3, 0.4) is 0 Å². The average molecular weight is 236 g/mol. The summed E-state index contributed by atoms with van der Waals surface area (Å²) in [5.41, 5.74) is 7.69.